The number of halogens is 1. The molecule has 0 radical (unpaired) electrons. The van der Waals surface area contributed by atoms with Crippen molar-refractivity contribution < 1.29 is 19.1 Å². The standard InChI is InChI=1S/C22H33ClO4/c1-2-3-4-8-11-16-14-15-17(20-19(16)21(25)27-22(20)26)12-9-6-5-7-10-13-18(23)24/h14-17,19-20H,2-13H2,1H3. The average molecular weight is 397 g/mol. The number of rotatable bonds is 13. The van der Waals surface area contributed by atoms with Crippen molar-refractivity contribution in [1.82, 2.24) is 0 Å². The zero-order valence-corrected chi connectivity index (χ0v) is 17.2. The predicted molar refractivity (Wildman–Crippen MR) is 106 cm³/mol. The molecule has 0 amide bonds. The van der Waals surface area contributed by atoms with Gasteiger partial charge in [-0.15, -0.1) is 0 Å². The molecule has 0 aromatic heterocycles. The number of cyclic esters (lactones) is 2. The fraction of sp³-hybridized carbons (Fsp3) is 0.773. The monoisotopic (exact) mass is 396 g/mol. The molecule has 0 bridgehead atoms. The number of allylic oxidation sites excluding steroid dienone is 2. The predicted octanol–water partition coefficient (Wildman–Crippen LogP) is 5.57. The molecule has 0 saturated carbocycles. The Hall–Kier alpha value is -1.16. The van der Waals surface area contributed by atoms with Crippen LogP contribution < -0.4 is 0 Å². The van der Waals surface area contributed by atoms with E-state index in [0.717, 1.165) is 51.4 Å². The summed E-state index contributed by atoms with van der Waals surface area (Å²) in [6, 6.07) is 0. The summed E-state index contributed by atoms with van der Waals surface area (Å²) in [6.07, 6.45) is 16.4. The van der Waals surface area contributed by atoms with Crippen LogP contribution in [0.4, 0.5) is 0 Å². The Bertz CT molecular complexity index is 542. The van der Waals surface area contributed by atoms with Gasteiger partial charge >= 0.3 is 11.9 Å². The van der Waals surface area contributed by atoms with E-state index in [0.29, 0.717) is 6.42 Å². The zero-order valence-electron chi connectivity index (χ0n) is 16.5. The van der Waals surface area contributed by atoms with E-state index in [-0.39, 0.29) is 40.9 Å². The SMILES string of the molecule is CCCCCCC1C=CC(CCCCCCCC(=O)Cl)C2C(=O)OC(=O)C12. The number of hydrogen-bond acceptors (Lipinski definition) is 4. The third kappa shape index (κ3) is 6.74. The largest absolute Gasteiger partial charge is 0.393 e. The molecule has 1 fully saturated rings. The quantitative estimate of drug-likeness (QED) is 0.134. The molecule has 1 aliphatic heterocycles. The first-order chi connectivity index (χ1) is 13.0. The van der Waals surface area contributed by atoms with Crippen LogP contribution >= 0.6 is 11.6 Å². The van der Waals surface area contributed by atoms with Crippen molar-refractivity contribution in [2.75, 3.05) is 0 Å². The minimum absolute atomic E-state index is 0.116. The first kappa shape index (κ1) is 22.1. The number of hydrogen-bond donors (Lipinski definition) is 0. The van der Waals surface area contributed by atoms with Gasteiger partial charge in [0.2, 0.25) is 5.24 Å². The molecule has 27 heavy (non-hydrogen) atoms. The van der Waals surface area contributed by atoms with Gasteiger partial charge in [-0.25, -0.2) is 0 Å². The molecule has 1 saturated heterocycles. The van der Waals surface area contributed by atoms with Crippen LogP contribution in [0.1, 0.15) is 84.0 Å². The lowest BCUT2D eigenvalue weighted by Crippen LogP contribution is -2.33. The van der Waals surface area contributed by atoms with Gasteiger partial charge in [-0.2, -0.15) is 0 Å². The van der Waals surface area contributed by atoms with Gasteiger partial charge in [0.15, 0.2) is 0 Å². The number of unbranched alkanes of at least 4 members (excludes halogenated alkanes) is 7. The Morgan fingerprint density at radius 1 is 0.852 bits per heavy atom. The molecule has 4 atom stereocenters. The second kappa shape index (κ2) is 11.6. The van der Waals surface area contributed by atoms with Crippen LogP contribution in [0.2, 0.25) is 0 Å². The van der Waals surface area contributed by atoms with E-state index in [4.69, 9.17) is 16.3 Å². The minimum atomic E-state index is -0.321. The molecule has 0 aromatic rings. The topological polar surface area (TPSA) is 60.4 Å². The van der Waals surface area contributed by atoms with Crippen molar-refractivity contribution in [1.29, 1.82) is 0 Å². The highest BCUT2D eigenvalue weighted by Crippen LogP contribution is 2.44. The highest BCUT2D eigenvalue weighted by atomic mass is 35.5. The van der Waals surface area contributed by atoms with Crippen LogP contribution in [-0.4, -0.2) is 17.2 Å². The first-order valence-corrected chi connectivity index (χ1v) is 11.0. The van der Waals surface area contributed by atoms with Crippen LogP contribution in [0.5, 0.6) is 0 Å². The van der Waals surface area contributed by atoms with E-state index in [1.54, 1.807) is 0 Å². The van der Waals surface area contributed by atoms with E-state index in [1.165, 1.54) is 19.3 Å². The summed E-state index contributed by atoms with van der Waals surface area (Å²) in [5.41, 5.74) is 0. The molecular formula is C22H33ClO4. The molecule has 0 spiro atoms. The van der Waals surface area contributed by atoms with E-state index in [2.05, 4.69) is 19.1 Å². The molecule has 4 unspecified atom stereocenters. The molecule has 152 valence electrons. The number of carbonyl (C=O) groups is 3. The van der Waals surface area contributed by atoms with Crippen molar-refractivity contribution in [3.05, 3.63) is 12.2 Å². The summed E-state index contributed by atoms with van der Waals surface area (Å²) < 4.78 is 5.02. The van der Waals surface area contributed by atoms with E-state index in [1.807, 2.05) is 0 Å². The van der Waals surface area contributed by atoms with E-state index >= 15 is 0 Å². The molecule has 5 heteroatoms. The van der Waals surface area contributed by atoms with Crippen molar-refractivity contribution in [3.63, 3.8) is 0 Å². The summed E-state index contributed by atoms with van der Waals surface area (Å²) in [7, 11) is 0. The summed E-state index contributed by atoms with van der Waals surface area (Å²) in [5, 5.41) is -0.262. The third-order valence-corrected chi connectivity index (χ3v) is 6.15. The van der Waals surface area contributed by atoms with Gasteiger partial charge in [0.05, 0.1) is 11.8 Å². The average Bonchev–Trinajstić information content (AvgIpc) is 2.94. The van der Waals surface area contributed by atoms with Gasteiger partial charge in [-0.1, -0.05) is 70.4 Å². The van der Waals surface area contributed by atoms with E-state index < -0.39 is 0 Å². The van der Waals surface area contributed by atoms with Crippen molar-refractivity contribution in [3.8, 4) is 0 Å². The van der Waals surface area contributed by atoms with Gasteiger partial charge in [-0.05, 0) is 42.7 Å². The molecular weight excluding hydrogens is 364 g/mol. The zero-order chi connectivity index (χ0) is 19.6. The summed E-state index contributed by atoms with van der Waals surface area (Å²) in [5.74, 6) is -0.930. The van der Waals surface area contributed by atoms with E-state index in [9.17, 15) is 14.4 Å². The molecule has 1 heterocycles. The van der Waals surface area contributed by atoms with Gasteiger partial charge in [-0.3, -0.25) is 14.4 Å². The number of ether oxygens (including phenoxy) is 1. The van der Waals surface area contributed by atoms with Crippen molar-refractivity contribution >= 4 is 28.8 Å². The summed E-state index contributed by atoms with van der Waals surface area (Å²) in [4.78, 5) is 35.2. The fourth-order valence-electron chi connectivity index (χ4n) is 4.47. The lowest BCUT2D eigenvalue weighted by molar-refractivity contribution is -0.154. The van der Waals surface area contributed by atoms with Gasteiger partial charge in [0, 0.05) is 6.42 Å². The molecule has 1 aliphatic carbocycles. The maximum Gasteiger partial charge on any atom is 0.318 e. The Labute approximate surface area is 168 Å². The van der Waals surface area contributed by atoms with Gasteiger partial charge < -0.3 is 4.74 Å². The lowest BCUT2D eigenvalue weighted by atomic mass is 9.69. The molecule has 0 N–H and O–H groups in total. The lowest BCUT2D eigenvalue weighted by Gasteiger charge is -2.31. The van der Waals surface area contributed by atoms with Crippen LogP contribution in [0.25, 0.3) is 0 Å². The van der Waals surface area contributed by atoms with Gasteiger partial charge in [0.1, 0.15) is 0 Å². The number of esters is 2. The summed E-state index contributed by atoms with van der Waals surface area (Å²) in [6.45, 7) is 2.19. The Morgan fingerprint density at radius 2 is 1.33 bits per heavy atom. The smallest absolute Gasteiger partial charge is 0.318 e. The first-order valence-electron chi connectivity index (χ1n) is 10.7. The third-order valence-electron chi connectivity index (χ3n) is 5.96. The summed E-state index contributed by atoms with van der Waals surface area (Å²) >= 11 is 5.34. The maximum absolute atomic E-state index is 12.3. The second-order valence-corrected chi connectivity index (χ2v) is 8.44. The van der Waals surface area contributed by atoms with Crippen molar-refractivity contribution in [2.24, 2.45) is 23.7 Å². The minimum Gasteiger partial charge on any atom is -0.393 e. The maximum atomic E-state index is 12.3. The highest BCUT2D eigenvalue weighted by molar-refractivity contribution is 6.63. The molecule has 4 nitrogen and oxygen atoms in total. The Balaban J connectivity index is 1.80. The van der Waals surface area contributed by atoms with Crippen LogP contribution in [-0.2, 0) is 19.1 Å². The van der Waals surface area contributed by atoms with Crippen LogP contribution in [0.3, 0.4) is 0 Å². The Morgan fingerprint density at radius 3 is 1.85 bits per heavy atom. The Kier molecular flexibility index (Phi) is 9.53. The van der Waals surface area contributed by atoms with Gasteiger partial charge in [0.25, 0.3) is 0 Å². The fourth-order valence-corrected chi connectivity index (χ4v) is 4.60. The molecule has 2 aliphatic rings. The number of fused-ring (bicyclic) bond motifs is 1. The second-order valence-electron chi connectivity index (χ2n) is 8.02. The molecule has 0 aromatic carbocycles. The number of carbonyl (C=O) groups excluding carboxylic acids is 3. The highest BCUT2D eigenvalue weighted by Gasteiger charge is 2.51. The van der Waals surface area contributed by atoms with Crippen LogP contribution in [0, 0.1) is 23.7 Å². The normalized spacial score (nSPS) is 26.9. The molecule has 2 rings (SSSR count). The van der Waals surface area contributed by atoms with Crippen LogP contribution in [0.15, 0.2) is 12.2 Å². The van der Waals surface area contributed by atoms with Crippen molar-refractivity contribution in [2.45, 2.75) is 84.0 Å².